The number of rotatable bonds is 4. The molecule has 0 bridgehead atoms. The SMILES string of the molecule is O=C(O)c1cnc(NCc2ccco2)nc1. The van der Waals surface area contributed by atoms with E-state index in [0.717, 1.165) is 5.76 Å². The van der Waals surface area contributed by atoms with Crippen molar-refractivity contribution >= 4 is 11.9 Å². The van der Waals surface area contributed by atoms with Gasteiger partial charge < -0.3 is 14.8 Å². The van der Waals surface area contributed by atoms with E-state index in [0.29, 0.717) is 12.5 Å². The molecule has 0 amide bonds. The summed E-state index contributed by atoms with van der Waals surface area (Å²) in [5, 5.41) is 11.5. The van der Waals surface area contributed by atoms with Crippen molar-refractivity contribution in [2.24, 2.45) is 0 Å². The number of carboxylic acid groups (broad SMARTS) is 1. The Morgan fingerprint density at radius 3 is 2.75 bits per heavy atom. The van der Waals surface area contributed by atoms with Gasteiger partial charge >= 0.3 is 5.97 Å². The van der Waals surface area contributed by atoms with Crippen LogP contribution in [-0.4, -0.2) is 21.0 Å². The lowest BCUT2D eigenvalue weighted by Crippen LogP contribution is -2.05. The summed E-state index contributed by atoms with van der Waals surface area (Å²) in [6.07, 6.45) is 4.07. The van der Waals surface area contributed by atoms with Gasteiger partial charge in [0.2, 0.25) is 5.95 Å². The van der Waals surface area contributed by atoms with Crippen molar-refractivity contribution in [3.05, 3.63) is 42.1 Å². The van der Waals surface area contributed by atoms with Gasteiger partial charge in [-0.1, -0.05) is 0 Å². The van der Waals surface area contributed by atoms with Gasteiger partial charge in [-0.3, -0.25) is 0 Å². The highest BCUT2D eigenvalue weighted by Crippen LogP contribution is 2.04. The van der Waals surface area contributed by atoms with Crippen LogP contribution in [0, 0.1) is 0 Å². The minimum absolute atomic E-state index is 0.0588. The first-order valence-corrected chi connectivity index (χ1v) is 4.57. The van der Waals surface area contributed by atoms with Gasteiger partial charge in [0.25, 0.3) is 0 Å². The first-order valence-electron chi connectivity index (χ1n) is 4.57. The maximum Gasteiger partial charge on any atom is 0.338 e. The van der Waals surface area contributed by atoms with Crippen LogP contribution in [0.2, 0.25) is 0 Å². The zero-order valence-electron chi connectivity index (χ0n) is 8.25. The van der Waals surface area contributed by atoms with Gasteiger partial charge in [-0.25, -0.2) is 14.8 Å². The summed E-state index contributed by atoms with van der Waals surface area (Å²) in [6.45, 7) is 0.458. The second kappa shape index (κ2) is 4.43. The molecule has 6 heteroatoms. The van der Waals surface area contributed by atoms with Gasteiger partial charge in [-0.2, -0.15) is 0 Å². The van der Waals surface area contributed by atoms with Crippen LogP contribution < -0.4 is 5.32 Å². The molecule has 0 spiro atoms. The number of nitrogens with one attached hydrogen (secondary N) is 1. The molecule has 2 aromatic heterocycles. The molecule has 0 aliphatic heterocycles. The number of furan rings is 1. The number of carbonyl (C=O) groups is 1. The van der Waals surface area contributed by atoms with Crippen LogP contribution in [0.25, 0.3) is 0 Å². The summed E-state index contributed by atoms with van der Waals surface area (Å²) in [7, 11) is 0. The van der Waals surface area contributed by atoms with Gasteiger partial charge in [-0.15, -0.1) is 0 Å². The molecule has 0 radical (unpaired) electrons. The molecule has 2 aromatic rings. The molecule has 16 heavy (non-hydrogen) atoms. The molecule has 2 heterocycles. The van der Waals surface area contributed by atoms with Crippen molar-refractivity contribution in [1.29, 1.82) is 0 Å². The van der Waals surface area contributed by atoms with Crippen LogP contribution in [-0.2, 0) is 6.54 Å². The molecule has 0 aromatic carbocycles. The van der Waals surface area contributed by atoms with E-state index in [1.807, 2.05) is 6.07 Å². The number of aromatic carboxylic acids is 1. The normalized spacial score (nSPS) is 10.0. The van der Waals surface area contributed by atoms with Crippen molar-refractivity contribution < 1.29 is 14.3 Å². The Bertz CT molecular complexity index is 465. The van der Waals surface area contributed by atoms with Crippen molar-refractivity contribution in [3.8, 4) is 0 Å². The highest BCUT2D eigenvalue weighted by atomic mass is 16.4. The van der Waals surface area contributed by atoms with Crippen molar-refractivity contribution in [2.45, 2.75) is 6.54 Å². The fourth-order valence-electron chi connectivity index (χ4n) is 1.11. The van der Waals surface area contributed by atoms with Crippen LogP contribution in [0.4, 0.5) is 5.95 Å². The fraction of sp³-hybridized carbons (Fsp3) is 0.100. The highest BCUT2D eigenvalue weighted by molar-refractivity contribution is 5.86. The summed E-state index contributed by atoms with van der Waals surface area (Å²) >= 11 is 0. The monoisotopic (exact) mass is 219 g/mol. The summed E-state index contributed by atoms with van der Waals surface area (Å²) in [5.74, 6) is 0.0740. The third-order valence-corrected chi connectivity index (χ3v) is 1.90. The zero-order chi connectivity index (χ0) is 11.4. The standard InChI is InChI=1S/C10H9N3O3/c14-9(15)7-4-11-10(12-5-7)13-6-8-2-1-3-16-8/h1-5H,6H2,(H,14,15)(H,11,12,13). The highest BCUT2D eigenvalue weighted by Gasteiger charge is 2.04. The van der Waals surface area contributed by atoms with E-state index in [2.05, 4.69) is 15.3 Å². The summed E-state index contributed by atoms with van der Waals surface area (Å²) in [5.41, 5.74) is 0.0588. The van der Waals surface area contributed by atoms with Gasteiger partial charge in [-0.05, 0) is 12.1 Å². The van der Waals surface area contributed by atoms with E-state index in [1.165, 1.54) is 12.4 Å². The van der Waals surface area contributed by atoms with Gasteiger partial charge in [0.1, 0.15) is 5.76 Å². The number of aromatic nitrogens is 2. The number of nitrogens with zero attached hydrogens (tertiary/aromatic N) is 2. The molecular weight excluding hydrogens is 210 g/mol. The largest absolute Gasteiger partial charge is 0.478 e. The fourth-order valence-corrected chi connectivity index (χ4v) is 1.11. The van der Waals surface area contributed by atoms with Crippen LogP contribution in [0.15, 0.2) is 35.2 Å². The predicted molar refractivity (Wildman–Crippen MR) is 55.0 cm³/mol. The number of carboxylic acids is 1. The first-order chi connectivity index (χ1) is 7.75. The number of hydrogen-bond donors (Lipinski definition) is 2. The molecule has 0 aliphatic rings. The molecular formula is C10H9N3O3. The third kappa shape index (κ3) is 2.35. The smallest absolute Gasteiger partial charge is 0.338 e. The quantitative estimate of drug-likeness (QED) is 0.807. The zero-order valence-corrected chi connectivity index (χ0v) is 8.25. The minimum atomic E-state index is -1.04. The minimum Gasteiger partial charge on any atom is -0.478 e. The lowest BCUT2D eigenvalue weighted by Gasteiger charge is -2.01. The number of hydrogen-bond acceptors (Lipinski definition) is 5. The van der Waals surface area contributed by atoms with E-state index >= 15 is 0 Å². The van der Waals surface area contributed by atoms with Crippen molar-refractivity contribution in [2.75, 3.05) is 5.32 Å². The van der Waals surface area contributed by atoms with Crippen LogP contribution in [0.1, 0.15) is 16.1 Å². The molecule has 0 unspecified atom stereocenters. The maximum absolute atomic E-state index is 10.5. The topological polar surface area (TPSA) is 88.2 Å². The summed E-state index contributed by atoms with van der Waals surface area (Å²) < 4.78 is 5.11. The van der Waals surface area contributed by atoms with Crippen LogP contribution in [0.5, 0.6) is 0 Å². The Morgan fingerprint density at radius 2 is 2.19 bits per heavy atom. The Morgan fingerprint density at radius 1 is 1.44 bits per heavy atom. The Labute approximate surface area is 91.0 Å². The molecule has 2 N–H and O–H groups in total. The molecule has 0 fully saturated rings. The summed E-state index contributed by atoms with van der Waals surface area (Å²) in [6, 6.07) is 3.60. The first kappa shape index (κ1) is 10.2. The lowest BCUT2D eigenvalue weighted by molar-refractivity contribution is 0.0696. The molecule has 82 valence electrons. The average Bonchev–Trinajstić information content (AvgIpc) is 2.80. The second-order valence-electron chi connectivity index (χ2n) is 3.03. The van der Waals surface area contributed by atoms with E-state index < -0.39 is 5.97 Å². The third-order valence-electron chi connectivity index (χ3n) is 1.90. The van der Waals surface area contributed by atoms with Gasteiger partial charge in [0.15, 0.2) is 0 Å². The number of anilines is 1. The maximum atomic E-state index is 10.5. The van der Waals surface area contributed by atoms with E-state index in [-0.39, 0.29) is 5.56 Å². The van der Waals surface area contributed by atoms with Gasteiger partial charge in [0.05, 0.1) is 18.4 Å². The van der Waals surface area contributed by atoms with Crippen molar-refractivity contribution in [3.63, 3.8) is 0 Å². The second-order valence-corrected chi connectivity index (χ2v) is 3.03. The predicted octanol–water partition coefficient (Wildman–Crippen LogP) is 1.38. The van der Waals surface area contributed by atoms with Crippen molar-refractivity contribution in [1.82, 2.24) is 9.97 Å². The Hall–Kier alpha value is -2.37. The molecule has 6 nitrogen and oxygen atoms in total. The molecule has 0 saturated heterocycles. The molecule has 2 rings (SSSR count). The Kier molecular flexibility index (Phi) is 2.81. The lowest BCUT2D eigenvalue weighted by atomic mass is 10.3. The van der Waals surface area contributed by atoms with E-state index in [9.17, 15) is 4.79 Å². The van der Waals surface area contributed by atoms with Gasteiger partial charge in [0, 0.05) is 12.4 Å². The summed E-state index contributed by atoms with van der Waals surface area (Å²) in [4.78, 5) is 18.3. The molecule has 0 atom stereocenters. The van der Waals surface area contributed by atoms with E-state index in [1.54, 1.807) is 12.3 Å². The Balaban J connectivity index is 1.98. The average molecular weight is 219 g/mol. The van der Waals surface area contributed by atoms with E-state index in [4.69, 9.17) is 9.52 Å². The van der Waals surface area contributed by atoms with Crippen LogP contribution >= 0.6 is 0 Å². The molecule has 0 saturated carbocycles. The van der Waals surface area contributed by atoms with Crippen LogP contribution in [0.3, 0.4) is 0 Å². The molecule has 0 aliphatic carbocycles.